The summed E-state index contributed by atoms with van der Waals surface area (Å²) in [6.45, 7) is 6.69. The van der Waals surface area contributed by atoms with E-state index in [2.05, 4.69) is 148 Å². The zero-order valence-corrected chi connectivity index (χ0v) is 59.2. The summed E-state index contributed by atoms with van der Waals surface area (Å²) < 4.78 is 30.4. The molecule has 0 aromatic heterocycles. The maximum Gasteiger partial charge on any atom is 0.306 e. The van der Waals surface area contributed by atoms with E-state index in [0.717, 1.165) is 141 Å². The van der Waals surface area contributed by atoms with E-state index in [1.165, 1.54) is 122 Å². The van der Waals surface area contributed by atoms with Gasteiger partial charge in [-0.3, -0.25) is 14.2 Å². The van der Waals surface area contributed by atoms with Crippen molar-refractivity contribution in [3.05, 3.63) is 134 Å². The van der Waals surface area contributed by atoms with Gasteiger partial charge in [0.25, 0.3) is 7.82 Å². The number of ether oxygens (including phenoxy) is 1. The van der Waals surface area contributed by atoms with Crippen LogP contribution in [0.2, 0.25) is 0 Å². The average molecular weight is 1260 g/mol. The molecule has 3 atom stereocenters. The number of hydrogen-bond acceptors (Lipinski definition) is 7. The SMILES string of the molecule is CC/C=C\C/C=C\C/C=C\C/C=C\C/C=C\C/C=C\CCCCCCCCC(=O)OC(/C=C/CCCCCCCCCCC)C(COP(=O)([O-])OCC[N+](C)(C)C)NC(=O)CCCCCCCCCCCCC/C=C\C/C=C\C/C=C\C/C=C\CCCCC. The Morgan fingerprint density at radius 1 is 0.404 bits per heavy atom. The second-order valence-electron chi connectivity index (χ2n) is 25.4. The fourth-order valence-corrected chi connectivity index (χ4v) is 10.7. The van der Waals surface area contributed by atoms with E-state index in [1.807, 2.05) is 33.3 Å². The van der Waals surface area contributed by atoms with E-state index >= 15 is 0 Å². The topological polar surface area (TPSA) is 114 Å². The Hall–Kier alpha value is -3.85. The third-order valence-electron chi connectivity index (χ3n) is 15.6. The van der Waals surface area contributed by atoms with Crippen molar-refractivity contribution in [3.8, 4) is 0 Å². The van der Waals surface area contributed by atoms with Crippen LogP contribution in [0, 0.1) is 0 Å². The van der Waals surface area contributed by atoms with E-state index in [0.29, 0.717) is 23.9 Å². The third-order valence-corrected chi connectivity index (χ3v) is 16.5. The van der Waals surface area contributed by atoms with Crippen LogP contribution < -0.4 is 10.2 Å². The summed E-state index contributed by atoms with van der Waals surface area (Å²) in [6.07, 6.45) is 95.7. The number of nitrogens with zero attached hydrogens (tertiary/aromatic N) is 1. The summed E-state index contributed by atoms with van der Waals surface area (Å²) >= 11 is 0. The molecule has 0 rings (SSSR count). The highest BCUT2D eigenvalue weighted by molar-refractivity contribution is 7.45. The summed E-state index contributed by atoms with van der Waals surface area (Å²) in [4.78, 5) is 40.2. The lowest BCUT2D eigenvalue weighted by molar-refractivity contribution is -0.870. The van der Waals surface area contributed by atoms with Gasteiger partial charge in [0.05, 0.1) is 33.8 Å². The predicted molar refractivity (Wildman–Crippen MR) is 385 cm³/mol. The molecular weight excluding hydrogens is 1120 g/mol. The Morgan fingerprint density at radius 3 is 1.10 bits per heavy atom. The number of allylic oxidation sites excluding steroid dienone is 21. The first-order chi connectivity index (χ1) is 43.4. The molecule has 3 unspecified atom stereocenters. The number of nitrogens with one attached hydrogen (secondary N) is 1. The molecule has 10 heteroatoms. The number of amides is 1. The summed E-state index contributed by atoms with van der Waals surface area (Å²) in [5.41, 5.74) is 0. The molecule has 9 nitrogen and oxygen atoms in total. The van der Waals surface area contributed by atoms with Gasteiger partial charge in [-0.05, 0) is 128 Å². The van der Waals surface area contributed by atoms with Gasteiger partial charge in [0.1, 0.15) is 19.3 Å². The molecule has 89 heavy (non-hydrogen) atoms. The first kappa shape index (κ1) is 85.2. The van der Waals surface area contributed by atoms with Gasteiger partial charge in [0.15, 0.2) is 0 Å². The lowest BCUT2D eigenvalue weighted by atomic mass is 10.0. The number of phosphoric ester groups is 1. The number of rotatable bonds is 65. The van der Waals surface area contributed by atoms with Crippen molar-refractivity contribution < 1.29 is 37.3 Å². The second-order valence-corrected chi connectivity index (χ2v) is 26.8. The molecule has 0 bridgehead atoms. The van der Waals surface area contributed by atoms with Gasteiger partial charge in [-0.1, -0.05) is 296 Å². The average Bonchev–Trinajstić information content (AvgIpc) is 3.64. The first-order valence-electron chi connectivity index (χ1n) is 36.5. The number of phosphoric acid groups is 1. The Labute approximate surface area is 549 Å². The normalized spacial score (nSPS) is 14.3. The Bertz CT molecular complexity index is 1990. The lowest BCUT2D eigenvalue weighted by Gasteiger charge is -2.30. The van der Waals surface area contributed by atoms with E-state index in [4.69, 9.17) is 13.8 Å². The molecule has 0 saturated heterocycles. The van der Waals surface area contributed by atoms with Crippen LogP contribution >= 0.6 is 7.82 Å². The highest BCUT2D eigenvalue weighted by Crippen LogP contribution is 2.38. The van der Waals surface area contributed by atoms with Gasteiger partial charge in [0.2, 0.25) is 5.91 Å². The van der Waals surface area contributed by atoms with Gasteiger partial charge in [-0.2, -0.15) is 0 Å². The summed E-state index contributed by atoms with van der Waals surface area (Å²) in [5, 5.41) is 3.04. The monoisotopic (exact) mass is 1260 g/mol. The predicted octanol–water partition coefficient (Wildman–Crippen LogP) is 22.9. The number of unbranched alkanes of at least 4 members (excludes halogenated alkanes) is 29. The summed E-state index contributed by atoms with van der Waals surface area (Å²) in [7, 11) is 1.16. The van der Waals surface area contributed by atoms with Gasteiger partial charge in [-0.25, -0.2) is 0 Å². The van der Waals surface area contributed by atoms with Crippen molar-refractivity contribution in [2.45, 2.75) is 315 Å². The zero-order valence-electron chi connectivity index (χ0n) is 58.3. The second kappa shape index (κ2) is 67.1. The molecule has 0 aliphatic heterocycles. The fourth-order valence-electron chi connectivity index (χ4n) is 9.98. The van der Waals surface area contributed by atoms with Crippen molar-refractivity contribution in [3.63, 3.8) is 0 Å². The minimum atomic E-state index is -4.72. The first-order valence-corrected chi connectivity index (χ1v) is 38.0. The van der Waals surface area contributed by atoms with Crippen LogP contribution in [0.4, 0.5) is 0 Å². The highest BCUT2D eigenvalue weighted by Gasteiger charge is 2.27. The molecule has 1 amide bonds. The Balaban J connectivity index is 5.05. The third kappa shape index (κ3) is 68.4. The van der Waals surface area contributed by atoms with Crippen LogP contribution in [0.5, 0.6) is 0 Å². The number of likely N-dealkylation sites (N-methyl/N-ethyl adjacent to an activating group) is 1. The quantitative estimate of drug-likeness (QED) is 0.0212. The number of quaternary nitrogens is 1. The molecule has 510 valence electrons. The highest BCUT2D eigenvalue weighted by atomic mass is 31.2. The van der Waals surface area contributed by atoms with Gasteiger partial charge in [0, 0.05) is 12.8 Å². The van der Waals surface area contributed by atoms with E-state index < -0.39 is 26.6 Å². The van der Waals surface area contributed by atoms with Crippen LogP contribution in [-0.4, -0.2) is 69.4 Å². The number of carbonyl (C=O) groups excluding carboxylic acids is 2. The molecule has 0 fully saturated rings. The number of hydrogen-bond donors (Lipinski definition) is 1. The molecule has 0 aliphatic rings. The standard InChI is InChI=1S/C79H137N2O7P/c1-7-10-13-16-19-22-25-27-29-31-33-35-37-39-40-42-43-45-47-49-51-53-56-59-62-65-68-71-78(82)80-76(75-87-89(84,85)86-74-73-81(4,5)6)77(70-67-64-61-58-55-24-21-18-15-12-9-3)88-79(83)72-69-66-63-60-57-54-52-50-48-46-44-41-38-36-34-32-30-28-26-23-20-17-14-11-8-2/h11,14,19-20,22-23,27-30,33-36,39-41,44,48,50,67,70,76-77H,7-10,12-13,15-18,21,24-26,31-32,37-38,42-43,45-47,49,51-66,68-69,71-75H2,1-6H3,(H-,80,82,84,85)/b14-11-,22-19-,23-20-,29-27-,30-28-,35-33-,36-34-,40-39-,44-41-,50-48-,70-67+. The number of esters is 1. The van der Waals surface area contributed by atoms with Crippen molar-refractivity contribution in [2.24, 2.45) is 0 Å². The molecule has 0 radical (unpaired) electrons. The van der Waals surface area contributed by atoms with Crippen LogP contribution in [0.3, 0.4) is 0 Å². The molecule has 0 aromatic carbocycles. The van der Waals surface area contributed by atoms with Crippen molar-refractivity contribution in [1.29, 1.82) is 0 Å². The molecule has 0 saturated carbocycles. The van der Waals surface area contributed by atoms with Crippen LogP contribution in [0.25, 0.3) is 0 Å². The maximum absolute atomic E-state index is 13.6. The van der Waals surface area contributed by atoms with Gasteiger partial charge in [-0.15, -0.1) is 0 Å². The lowest BCUT2D eigenvalue weighted by Crippen LogP contribution is -2.47. The molecule has 0 aliphatic carbocycles. The molecule has 0 heterocycles. The molecule has 1 N–H and O–H groups in total. The van der Waals surface area contributed by atoms with Crippen LogP contribution in [0.15, 0.2) is 134 Å². The molecule has 0 aromatic rings. The van der Waals surface area contributed by atoms with Crippen molar-refractivity contribution in [2.75, 3.05) is 40.9 Å². The summed E-state index contributed by atoms with van der Waals surface area (Å²) in [6, 6.07) is -0.907. The summed E-state index contributed by atoms with van der Waals surface area (Å²) in [5.74, 6) is -0.565. The van der Waals surface area contributed by atoms with E-state index in [-0.39, 0.29) is 24.9 Å². The van der Waals surface area contributed by atoms with Crippen LogP contribution in [-0.2, 0) is 27.9 Å². The molecular formula is C79H137N2O7P. The Kier molecular flexibility index (Phi) is 64.2. The zero-order chi connectivity index (χ0) is 64.9. The smallest absolute Gasteiger partial charge is 0.306 e. The largest absolute Gasteiger partial charge is 0.756 e. The minimum Gasteiger partial charge on any atom is -0.756 e. The maximum atomic E-state index is 13.6. The van der Waals surface area contributed by atoms with E-state index in [1.54, 1.807) is 0 Å². The minimum absolute atomic E-state index is 0.0321. The van der Waals surface area contributed by atoms with Crippen LogP contribution in [0.1, 0.15) is 303 Å². The van der Waals surface area contributed by atoms with Crippen molar-refractivity contribution in [1.82, 2.24) is 5.32 Å². The van der Waals surface area contributed by atoms with Gasteiger partial charge < -0.3 is 28.5 Å². The molecule has 0 spiro atoms. The van der Waals surface area contributed by atoms with Gasteiger partial charge >= 0.3 is 5.97 Å². The van der Waals surface area contributed by atoms with Crippen molar-refractivity contribution >= 4 is 19.7 Å². The number of carbonyl (C=O) groups is 2. The fraction of sp³-hybridized carbons (Fsp3) is 0.696. The Morgan fingerprint density at radius 2 is 0.719 bits per heavy atom. The van der Waals surface area contributed by atoms with E-state index in [9.17, 15) is 19.0 Å².